The molecular formula is C14H22N2O2S. The maximum absolute atomic E-state index is 12.4. The highest BCUT2D eigenvalue weighted by Gasteiger charge is 2.26. The number of hydrogen-bond acceptors (Lipinski definition) is 3. The van der Waals surface area contributed by atoms with E-state index in [1.54, 1.807) is 11.4 Å². The zero-order chi connectivity index (χ0) is 13.7. The Labute approximate surface area is 115 Å². The second kappa shape index (κ2) is 6.50. The zero-order valence-corrected chi connectivity index (χ0v) is 12.2. The van der Waals surface area contributed by atoms with Crippen molar-refractivity contribution in [2.24, 2.45) is 0 Å². The minimum Gasteiger partial charge on any atom is -0.317 e. The summed E-state index contributed by atoms with van der Waals surface area (Å²) in [6, 6.07) is 9.50. The normalized spacial score (nSPS) is 21.3. The van der Waals surface area contributed by atoms with E-state index >= 15 is 0 Å². The summed E-state index contributed by atoms with van der Waals surface area (Å²) < 4.78 is 26.4. The molecule has 1 aliphatic rings. The highest BCUT2D eigenvalue weighted by Crippen LogP contribution is 2.18. The third kappa shape index (κ3) is 4.03. The molecule has 106 valence electrons. The Bertz CT molecular complexity index is 479. The summed E-state index contributed by atoms with van der Waals surface area (Å²) >= 11 is 0. The van der Waals surface area contributed by atoms with Gasteiger partial charge >= 0.3 is 0 Å². The maximum Gasteiger partial charge on any atom is 0.218 e. The van der Waals surface area contributed by atoms with Crippen molar-refractivity contribution in [3.63, 3.8) is 0 Å². The Balaban J connectivity index is 2.05. The maximum atomic E-state index is 12.4. The SMILES string of the molecule is CN(C1CCCNCC1)S(=O)(=O)Cc1ccccc1. The van der Waals surface area contributed by atoms with Crippen LogP contribution in [-0.2, 0) is 15.8 Å². The first-order valence-electron chi connectivity index (χ1n) is 6.80. The van der Waals surface area contributed by atoms with E-state index in [9.17, 15) is 8.42 Å². The first-order valence-corrected chi connectivity index (χ1v) is 8.41. The number of benzene rings is 1. The molecule has 1 aromatic carbocycles. The predicted octanol–water partition coefficient (Wildman–Crippen LogP) is 1.59. The summed E-state index contributed by atoms with van der Waals surface area (Å²) in [7, 11) is -1.51. The van der Waals surface area contributed by atoms with Gasteiger partial charge in [0.25, 0.3) is 0 Å². The molecule has 1 fully saturated rings. The summed E-state index contributed by atoms with van der Waals surface area (Å²) in [6.07, 6.45) is 2.87. The first-order chi connectivity index (χ1) is 9.09. The van der Waals surface area contributed by atoms with E-state index in [4.69, 9.17) is 0 Å². The number of nitrogens with zero attached hydrogens (tertiary/aromatic N) is 1. The van der Waals surface area contributed by atoms with Crippen molar-refractivity contribution in [2.75, 3.05) is 20.1 Å². The van der Waals surface area contributed by atoms with Gasteiger partial charge in [0.15, 0.2) is 0 Å². The van der Waals surface area contributed by atoms with Crippen molar-refractivity contribution in [3.05, 3.63) is 35.9 Å². The number of hydrogen-bond donors (Lipinski definition) is 1. The van der Waals surface area contributed by atoms with Gasteiger partial charge in [-0.3, -0.25) is 0 Å². The second-order valence-electron chi connectivity index (χ2n) is 5.09. The molecule has 2 rings (SSSR count). The molecule has 1 heterocycles. The van der Waals surface area contributed by atoms with Crippen molar-refractivity contribution < 1.29 is 8.42 Å². The average molecular weight is 282 g/mol. The van der Waals surface area contributed by atoms with E-state index < -0.39 is 10.0 Å². The summed E-state index contributed by atoms with van der Waals surface area (Å²) in [5.74, 6) is 0.0915. The summed E-state index contributed by atoms with van der Waals surface area (Å²) in [5, 5.41) is 3.31. The molecule has 0 bridgehead atoms. The molecule has 1 aliphatic heterocycles. The van der Waals surface area contributed by atoms with Gasteiger partial charge in [-0.05, 0) is 37.9 Å². The van der Waals surface area contributed by atoms with Gasteiger partial charge in [-0.1, -0.05) is 30.3 Å². The molecule has 1 unspecified atom stereocenters. The van der Waals surface area contributed by atoms with E-state index in [0.717, 1.165) is 37.9 Å². The smallest absolute Gasteiger partial charge is 0.218 e. The lowest BCUT2D eigenvalue weighted by Crippen LogP contribution is -2.38. The van der Waals surface area contributed by atoms with Gasteiger partial charge < -0.3 is 5.32 Å². The van der Waals surface area contributed by atoms with Crippen LogP contribution in [0.5, 0.6) is 0 Å². The topological polar surface area (TPSA) is 49.4 Å². The number of rotatable bonds is 4. The molecule has 0 amide bonds. The molecular weight excluding hydrogens is 260 g/mol. The average Bonchev–Trinajstić information content (AvgIpc) is 2.67. The fourth-order valence-electron chi connectivity index (χ4n) is 2.48. The quantitative estimate of drug-likeness (QED) is 0.912. The largest absolute Gasteiger partial charge is 0.317 e. The fraction of sp³-hybridized carbons (Fsp3) is 0.571. The summed E-state index contributed by atoms with van der Waals surface area (Å²) in [6.45, 7) is 1.89. The van der Waals surface area contributed by atoms with E-state index in [1.807, 2.05) is 30.3 Å². The Morgan fingerprint density at radius 2 is 1.95 bits per heavy atom. The standard InChI is InChI=1S/C14H22N2O2S/c1-16(14-8-5-10-15-11-9-14)19(17,18)12-13-6-3-2-4-7-13/h2-4,6-7,14-15H,5,8-12H2,1H3. The van der Waals surface area contributed by atoms with Gasteiger partial charge in [0.2, 0.25) is 10.0 Å². The molecule has 19 heavy (non-hydrogen) atoms. The van der Waals surface area contributed by atoms with Gasteiger partial charge in [-0.2, -0.15) is 0 Å². The van der Waals surface area contributed by atoms with Crippen LogP contribution in [0, 0.1) is 0 Å². The molecule has 0 spiro atoms. The predicted molar refractivity (Wildman–Crippen MR) is 77.3 cm³/mol. The Morgan fingerprint density at radius 1 is 1.21 bits per heavy atom. The molecule has 0 aliphatic carbocycles. The van der Waals surface area contributed by atoms with E-state index in [1.165, 1.54) is 0 Å². The van der Waals surface area contributed by atoms with Gasteiger partial charge in [-0.15, -0.1) is 0 Å². The van der Waals surface area contributed by atoms with Gasteiger partial charge in [0.05, 0.1) is 5.75 Å². The molecule has 1 aromatic rings. The fourth-order valence-corrected chi connectivity index (χ4v) is 3.96. The van der Waals surface area contributed by atoms with Crippen LogP contribution in [-0.4, -0.2) is 38.9 Å². The Hall–Kier alpha value is -0.910. The highest BCUT2D eigenvalue weighted by molar-refractivity contribution is 7.88. The molecule has 5 heteroatoms. The minimum atomic E-state index is -3.22. The first kappa shape index (κ1) is 14.5. The molecule has 0 aromatic heterocycles. The van der Waals surface area contributed by atoms with E-state index in [-0.39, 0.29) is 11.8 Å². The number of sulfonamides is 1. The molecule has 4 nitrogen and oxygen atoms in total. The minimum absolute atomic E-state index is 0.0915. The summed E-state index contributed by atoms with van der Waals surface area (Å²) in [4.78, 5) is 0. The molecule has 1 atom stereocenters. The lowest BCUT2D eigenvalue weighted by Gasteiger charge is -2.26. The molecule has 1 saturated heterocycles. The zero-order valence-electron chi connectivity index (χ0n) is 11.4. The van der Waals surface area contributed by atoms with Crippen molar-refractivity contribution >= 4 is 10.0 Å². The van der Waals surface area contributed by atoms with Crippen molar-refractivity contribution in [1.29, 1.82) is 0 Å². The molecule has 1 N–H and O–H groups in total. The third-order valence-corrected chi connectivity index (χ3v) is 5.56. The Kier molecular flexibility index (Phi) is 4.96. The lowest BCUT2D eigenvalue weighted by molar-refractivity contribution is 0.341. The van der Waals surface area contributed by atoms with E-state index in [0.29, 0.717) is 0 Å². The van der Waals surface area contributed by atoms with Gasteiger partial charge in [-0.25, -0.2) is 12.7 Å². The van der Waals surface area contributed by atoms with Crippen LogP contribution in [0.15, 0.2) is 30.3 Å². The lowest BCUT2D eigenvalue weighted by atomic mass is 10.1. The van der Waals surface area contributed by atoms with Crippen molar-refractivity contribution in [2.45, 2.75) is 31.1 Å². The van der Waals surface area contributed by atoms with Crippen LogP contribution in [0.1, 0.15) is 24.8 Å². The Morgan fingerprint density at radius 3 is 2.68 bits per heavy atom. The van der Waals surface area contributed by atoms with E-state index in [2.05, 4.69) is 5.32 Å². The summed E-state index contributed by atoms with van der Waals surface area (Å²) in [5.41, 5.74) is 0.848. The number of nitrogens with one attached hydrogen (secondary N) is 1. The van der Waals surface area contributed by atoms with Gasteiger partial charge in [0, 0.05) is 13.1 Å². The van der Waals surface area contributed by atoms with Crippen molar-refractivity contribution in [1.82, 2.24) is 9.62 Å². The van der Waals surface area contributed by atoms with Crippen molar-refractivity contribution in [3.8, 4) is 0 Å². The second-order valence-corrected chi connectivity index (χ2v) is 7.12. The van der Waals surface area contributed by atoms with Crippen LogP contribution in [0.3, 0.4) is 0 Å². The third-order valence-electron chi connectivity index (χ3n) is 3.69. The van der Waals surface area contributed by atoms with Crippen LogP contribution in [0.2, 0.25) is 0 Å². The molecule has 0 radical (unpaired) electrons. The van der Waals surface area contributed by atoms with Crippen LogP contribution in [0.4, 0.5) is 0 Å². The van der Waals surface area contributed by atoms with Gasteiger partial charge in [0.1, 0.15) is 0 Å². The highest BCUT2D eigenvalue weighted by atomic mass is 32.2. The van der Waals surface area contributed by atoms with Crippen LogP contribution >= 0.6 is 0 Å². The van der Waals surface area contributed by atoms with Crippen LogP contribution in [0.25, 0.3) is 0 Å². The monoisotopic (exact) mass is 282 g/mol. The molecule has 0 saturated carbocycles. The van der Waals surface area contributed by atoms with Crippen LogP contribution < -0.4 is 5.32 Å².